The molecule has 0 bridgehead atoms. The number of amides is 1. The van der Waals surface area contributed by atoms with Crippen LogP contribution in [0.3, 0.4) is 0 Å². The van der Waals surface area contributed by atoms with E-state index in [1.165, 1.54) is 30.7 Å². The van der Waals surface area contributed by atoms with E-state index >= 15 is 0 Å². The SMILES string of the molecule is COc1ccc(OC)c(S(=O)(=O)N2CCCC2C(=O)Nc2cc(C)on2)c1. The monoisotopic (exact) mass is 395 g/mol. The minimum atomic E-state index is -3.97. The van der Waals surface area contributed by atoms with Crippen LogP contribution in [0.5, 0.6) is 11.5 Å². The number of sulfonamides is 1. The molecule has 27 heavy (non-hydrogen) atoms. The number of nitrogens with zero attached hydrogens (tertiary/aromatic N) is 2. The van der Waals surface area contributed by atoms with Gasteiger partial charge in [-0.15, -0.1) is 0 Å². The van der Waals surface area contributed by atoms with E-state index in [0.29, 0.717) is 24.4 Å². The topological polar surface area (TPSA) is 111 Å². The molecule has 0 saturated carbocycles. The highest BCUT2D eigenvalue weighted by Crippen LogP contribution is 2.34. The van der Waals surface area contributed by atoms with E-state index in [1.807, 2.05) is 0 Å². The molecule has 1 fully saturated rings. The molecule has 1 amide bonds. The van der Waals surface area contributed by atoms with Crippen molar-refractivity contribution in [2.45, 2.75) is 30.7 Å². The fourth-order valence-corrected chi connectivity index (χ4v) is 4.87. The number of carbonyl (C=O) groups excluding carboxylic acids is 1. The summed E-state index contributed by atoms with van der Waals surface area (Å²) in [6.45, 7) is 1.93. The molecule has 2 heterocycles. The largest absolute Gasteiger partial charge is 0.497 e. The Balaban J connectivity index is 1.90. The number of aromatic nitrogens is 1. The molecule has 2 aromatic rings. The molecule has 0 spiro atoms. The van der Waals surface area contributed by atoms with Gasteiger partial charge in [0, 0.05) is 18.7 Å². The molecule has 1 unspecified atom stereocenters. The van der Waals surface area contributed by atoms with Gasteiger partial charge in [0.2, 0.25) is 15.9 Å². The Kier molecular flexibility index (Phi) is 5.38. The molecule has 1 aliphatic rings. The minimum Gasteiger partial charge on any atom is -0.497 e. The van der Waals surface area contributed by atoms with Gasteiger partial charge in [0.1, 0.15) is 28.2 Å². The number of hydrogen-bond acceptors (Lipinski definition) is 7. The van der Waals surface area contributed by atoms with Crippen LogP contribution >= 0.6 is 0 Å². The van der Waals surface area contributed by atoms with Crippen LogP contribution < -0.4 is 14.8 Å². The van der Waals surface area contributed by atoms with Crippen molar-refractivity contribution in [3.8, 4) is 11.5 Å². The van der Waals surface area contributed by atoms with Gasteiger partial charge in [-0.2, -0.15) is 4.31 Å². The molecule has 1 atom stereocenters. The highest BCUT2D eigenvalue weighted by atomic mass is 32.2. The average molecular weight is 395 g/mol. The fourth-order valence-electron chi connectivity index (χ4n) is 3.04. The fraction of sp³-hybridized carbons (Fsp3) is 0.412. The van der Waals surface area contributed by atoms with E-state index < -0.39 is 22.0 Å². The van der Waals surface area contributed by atoms with E-state index in [9.17, 15) is 13.2 Å². The summed E-state index contributed by atoms with van der Waals surface area (Å²) in [4.78, 5) is 12.6. The third-order valence-electron chi connectivity index (χ3n) is 4.34. The van der Waals surface area contributed by atoms with E-state index in [0.717, 1.165) is 0 Å². The summed E-state index contributed by atoms with van der Waals surface area (Å²) in [6, 6.07) is 5.25. The third kappa shape index (κ3) is 3.76. The molecular formula is C17H21N3O6S. The van der Waals surface area contributed by atoms with Crippen molar-refractivity contribution in [3.05, 3.63) is 30.0 Å². The molecule has 10 heteroatoms. The van der Waals surface area contributed by atoms with E-state index in [1.54, 1.807) is 19.1 Å². The Morgan fingerprint density at radius 3 is 2.70 bits per heavy atom. The zero-order valence-electron chi connectivity index (χ0n) is 15.3. The van der Waals surface area contributed by atoms with Gasteiger partial charge in [-0.05, 0) is 31.9 Å². The molecule has 1 aromatic carbocycles. The van der Waals surface area contributed by atoms with Gasteiger partial charge in [-0.1, -0.05) is 5.16 Å². The number of anilines is 1. The number of methoxy groups -OCH3 is 2. The predicted molar refractivity (Wildman–Crippen MR) is 96.3 cm³/mol. The van der Waals surface area contributed by atoms with Crippen LogP contribution in [-0.4, -0.2) is 50.6 Å². The van der Waals surface area contributed by atoms with Gasteiger partial charge in [0.15, 0.2) is 5.82 Å². The second kappa shape index (κ2) is 7.57. The summed E-state index contributed by atoms with van der Waals surface area (Å²) in [6.07, 6.45) is 0.982. The first kappa shape index (κ1) is 19.2. The van der Waals surface area contributed by atoms with Gasteiger partial charge in [0.25, 0.3) is 0 Å². The standard InChI is InChI=1S/C17H21N3O6S/c1-11-9-16(19-26-11)18-17(21)13-5-4-8-20(13)27(22,23)15-10-12(24-2)6-7-14(15)25-3/h6-7,9-10,13H,4-5,8H2,1-3H3,(H,18,19,21). The molecule has 1 aromatic heterocycles. The molecule has 0 aliphatic carbocycles. The quantitative estimate of drug-likeness (QED) is 0.794. The van der Waals surface area contributed by atoms with Crippen LogP contribution in [-0.2, 0) is 14.8 Å². The number of nitrogens with one attached hydrogen (secondary N) is 1. The van der Waals surface area contributed by atoms with Gasteiger partial charge < -0.3 is 19.3 Å². The van der Waals surface area contributed by atoms with Gasteiger partial charge in [0.05, 0.1) is 14.2 Å². The van der Waals surface area contributed by atoms with Crippen LogP contribution in [0.25, 0.3) is 0 Å². The van der Waals surface area contributed by atoms with E-state index in [2.05, 4.69) is 10.5 Å². The number of aryl methyl sites for hydroxylation is 1. The van der Waals surface area contributed by atoms with Crippen molar-refractivity contribution < 1.29 is 27.2 Å². The summed E-state index contributed by atoms with van der Waals surface area (Å²) in [5.41, 5.74) is 0. The first-order valence-corrected chi connectivity index (χ1v) is 9.79. The highest BCUT2D eigenvalue weighted by molar-refractivity contribution is 7.89. The normalized spacial score (nSPS) is 17.7. The second-order valence-electron chi connectivity index (χ2n) is 6.10. The van der Waals surface area contributed by atoms with Crippen molar-refractivity contribution >= 4 is 21.7 Å². The van der Waals surface area contributed by atoms with Gasteiger partial charge in [-0.25, -0.2) is 8.42 Å². The summed E-state index contributed by atoms with van der Waals surface area (Å²) < 4.78 is 42.9. The first-order chi connectivity index (χ1) is 12.9. The molecule has 1 N–H and O–H groups in total. The first-order valence-electron chi connectivity index (χ1n) is 8.35. The van der Waals surface area contributed by atoms with Crippen LogP contribution in [0.2, 0.25) is 0 Å². The number of benzene rings is 1. The van der Waals surface area contributed by atoms with Crippen LogP contribution in [0, 0.1) is 6.92 Å². The van der Waals surface area contributed by atoms with E-state index in [4.69, 9.17) is 14.0 Å². The lowest BCUT2D eigenvalue weighted by molar-refractivity contribution is -0.119. The van der Waals surface area contributed by atoms with Crippen molar-refractivity contribution in [1.29, 1.82) is 0 Å². The molecule has 0 radical (unpaired) electrons. The molecular weight excluding hydrogens is 374 g/mol. The maximum Gasteiger partial charge on any atom is 0.247 e. The van der Waals surface area contributed by atoms with Crippen LogP contribution in [0.15, 0.2) is 33.7 Å². The molecule has 9 nitrogen and oxygen atoms in total. The highest BCUT2D eigenvalue weighted by Gasteiger charge is 2.41. The number of hydrogen-bond donors (Lipinski definition) is 1. The zero-order valence-corrected chi connectivity index (χ0v) is 16.1. The molecule has 3 rings (SSSR count). The second-order valence-corrected chi connectivity index (χ2v) is 7.96. The lowest BCUT2D eigenvalue weighted by Gasteiger charge is -2.24. The average Bonchev–Trinajstić information content (AvgIpc) is 3.30. The van der Waals surface area contributed by atoms with Crippen molar-refractivity contribution in [2.75, 3.05) is 26.1 Å². The zero-order chi connectivity index (χ0) is 19.6. The maximum absolute atomic E-state index is 13.2. The van der Waals surface area contributed by atoms with Crippen molar-refractivity contribution in [1.82, 2.24) is 9.46 Å². The Morgan fingerprint density at radius 1 is 1.30 bits per heavy atom. The Labute approximate surface area is 157 Å². The number of ether oxygens (including phenoxy) is 2. The Morgan fingerprint density at radius 2 is 2.07 bits per heavy atom. The Bertz CT molecular complexity index is 940. The van der Waals surface area contributed by atoms with Gasteiger partial charge >= 0.3 is 0 Å². The van der Waals surface area contributed by atoms with Crippen molar-refractivity contribution in [2.24, 2.45) is 0 Å². The van der Waals surface area contributed by atoms with Crippen molar-refractivity contribution in [3.63, 3.8) is 0 Å². The van der Waals surface area contributed by atoms with E-state index in [-0.39, 0.29) is 23.0 Å². The third-order valence-corrected chi connectivity index (χ3v) is 6.27. The van der Waals surface area contributed by atoms with Crippen LogP contribution in [0.1, 0.15) is 18.6 Å². The summed E-state index contributed by atoms with van der Waals surface area (Å²) >= 11 is 0. The predicted octanol–water partition coefficient (Wildman–Crippen LogP) is 1.79. The lowest BCUT2D eigenvalue weighted by Crippen LogP contribution is -2.43. The number of rotatable bonds is 6. The van der Waals surface area contributed by atoms with Crippen LogP contribution in [0.4, 0.5) is 5.82 Å². The minimum absolute atomic E-state index is 0.0404. The lowest BCUT2D eigenvalue weighted by atomic mass is 10.2. The maximum atomic E-state index is 13.2. The molecule has 1 saturated heterocycles. The summed E-state index contributed by atoms with van der Waals surface area (Å²) in [5.74, 6) is 0.913. The smallest absolute Gasteiger partial charge is 0.247 e. The Hall–Kier alpha value is -2.59. The van der Waals surface area contributed by atoms with Gasteiger partial charge in [-0.3, -0.25) is 4.79 Å². The molecule has 1 aliphatic heterocycles. The summed E-state index contributed by atoms with van der Waals surface area (Å²) in [5, 5.41) is 6.31. The summed E-state index contributed by atoms with van der Waals surface area (Å²) in [7, 11) is -1.13. The molecule has 146 valence electrons. The number of carbonyl (C=O) groups is 1.